The highest BCUT2D eigenvalue weighted by Crippen LogP contribution is 2.36. The van der Waals surface area contributed by atoms with E-state index in [1.165, 1.54) is 0 Å². The van der Waals surface area contributed by atoms with Gasteiger partial charge in [0.1, 0.15) is 5.03 Å². The average Bonchev–Trinajstić information content (AvgIpc) is 3.25. The van der Waals surface area contributed by atoms with Gasteiger partial charge in [0.05, 0.1) is 11.8 Å². The van der Waals surface area contributed by atoms with Gasteiger partial charge in [0.15, 0.2) is 0 Å². The number of urea groups is 1. The summed E-state index contributed by atoms with van der Waals surface area (Å²) in [6.07, 6.45) is 2.14. The third-order valence-corrected chi connectivity index (χ3v) is 6.21. The summed E-state index contributed by atoms with van der Waals surface area (Å²) in [7, 11) is 0. The van der Waals surface area contributed by atoms with Crippen LogP contribution in [0.3, 0.4) is 0 Å². The van der Waals surface area contributed by atoms with E-state index in [1.54, 1.807) is 40.9 Å². The fraction of sp³-hybridized carbons (Fsp3) is 0.409. The van der Waals surface area contributed by atoms with Crippen LogP contribution < -0.4 is 15.5 Å². The first-order chi connectivity index (χ1) is 14.5. The Bertz CT molecular complexity index is 942. The van der Waals surface area contributed by atoms with Crippen LogP contribution in [0.2, 0.25) is 0 Å². The van der Waals surface area contributed by atoms with Crippen molar-refractivity contribution < 1.29 is 14.3 Å². The number of aromatic nitrogens is 1. The van der Waals surface area contributed by atoms with Crippen molar-refractivity contribution in [3.05, 3.63) is 47.2 Å². The molecule has 0 unspecified atom stereocenters. The van der Waals surface area contributed by atoms with Gasteiger partial charge in [-0.3, -0.25) is 9.69 Å². The number of fused-ring (bicyclic) bond motifs is 1. The summed E-state index contributed by atoms with van der Waals surface area (Å²) in [5, 5.41) is 6.74. The maximum atomic E-state index is 12.9. The number of ether oxygens (including phenoxy) is 1. The average molecular weight is 427 g/mol. The number of carbonyl (C=O) groups is 2. The maximum absolute atomic E-state index is 12.9. The summed E-state index contributed by atoms with van der Waals surface area (Å²) in [4.78, 5) is 31.6. The monoisotopic (exact) mass is 426 g/mol. The molecule has 2 aliphatic heterocycles. The van der Waals surface area contributed by atoms with E-state index in [9.17, 15) is 9.59 Å². The summed E-state index contributed by atoms with van der Waals surface area (Å²) >= 11 is 1.68. The zero-order valence-electron chi connectivity index (χ0n) is 17.2. The highest BCUT2D eigenvalue weighted by Gasteiger charge is 2.26. The van der Waals surface area contributed by atoms with Gasteiger partial charge in [-0.15, -0.1) is 11.8 Å². The Balaban J connectivity index is 1.39. The van der Waals surface area contributed by atoms with Crippen LogP contribution in [0.4, 0.5) is 16.2 Å². The van der Waals surface area contributed by atoms with Gasteiger partial charge >= 0.3 is 6.03 Å². The Labute approximate surface area is 180 Å². The van der Waals surface area contributed by atoms with Gasteiger partial charge in [-0.2, -0.15) is 0 Å². The van der Waals surface area contributed by atoms with Crippen molar-refractivity contribution in [3.8, 4) is 0 Å². The van der Waals surface area contributed by atoms with E-state index < -0.39 is 0 Å². The van der Waals surface area contributed by atoms with Crippen molar-refractivity contribution in [2.45, 2.75) is 37.8 Å². The van der Waals surface area contributed by atoms with Crippen molar-refractivity contribution in [3.63, 3.8) is 0 Å². The first-order valence-corrected chi connectivity index (χ1v) is 11.2. The van der Waals surface area contributed by atoms with E-state index in [2.05, 4.69) is 15.6 Å². The minimum Gasteiger partial charge on any atom is -0.376 e. The number of nitrogens with one attached hydrogen (secondary N) is 2. The second kappa shape index (κ2) is 9.06. The first-order valence-electron chi connectivity index (χ1n) is 10.2. The molecule has 1 saturated heterocycles. The molecule has 2 aromatic rings. The van der Waals surface area contributed by atoms with E-state index in [1.807, 2.05) is 19.9 Å². The number of thioether (sulfide) groups is 1. The lowest BCUT2D eigenvalue weighted by Gasteiger charge is -2.30. The van der Waals surface area contributed by atoms with Gasteiger partial charge in [0.25, 0.3) is 5.91 Å². The van der Waals surface area contributed by atoms with E-state index in [4.69, 9.17) is 4.74 Å². The van der Waals surface area contributed by atoms with Crippen LogP contribution in [0.1, 0.15) is 34.5 Å². The number of hydrogen-bond donors (Lipinski definition) is 2. The third-order valence-electron chi connectivity index (χ3n) is 5.26. The summed E-state index contributed by atoms with van der Waals surface area (Å²) < 4.78 is 5.53. The molecule has 8 heteroatoms. The number of amides is 3. The van der Waals surface area contributed by atoms with Gasteiger partial charge in [0, 0.05) is 42.4 Å². The lowest BCUT2D eigenvalue weighted by molar-refractivity contribution is 0.0858. The van der Waals surface area contributed by atoms with Gasteiger partial charge in [-0.05, 0) is 62.6 Å². The number of hydrogen-bond acceptors (Lipinski definition) is 5. The summed E-state index contributed by atoms with van der Waals surface area (Å²) in [5.74, 6) is 0.669. The number of pyridine rings is 1. The van der Waals surface area contributed by atoms with E-state index >= 15 is 0 Å². The van der Waals surface area contributed by atoms with Crippen LogP contribution in [0.15, 0.2) is 35.4 Å². The highest BCUT2D eigenvalue weighted by molar-refractivity contribution is 7.99. The molecular formula is C22H26N4O3S. The lowest BCUT2D eigenvalue weighted by atomic mass is 10.2. The Morgan fingerprint density at radius 2 is 2.07 bits per heavy atom. The van der Waals surface area contributed by atoms with Crippen LogP contribution in [-0.2, 0) is 4.74 Å². The molecule has 4 rings (SSSR count). The molecule has 1 aromatic carbocycles. The molecule has 7 nitrogen and oxygen atoms in total. The molecule has 158 valence electrons. The highest BCUT2D eigenvalue weighted by atomic mass is 32.2. The van der Waals surface area contributed by atoms with Crippen molar-refractivity contribution in [2.75, 3.05) is 35.7 Å². The molecule has 1 fully saturated rings. The molecule has 3 heterocycles. The SMILES string of the molecule is Cc1cc(C)c2c(n1)SCCN2C(=O)Nc1ccc(C(=O)NC[C@@H]2CCCO2)cc1. The smallest absolute Gasteiger partial charge is 0.326 e. The summed E-state index contributed by atoms with van der Waals surface area (Å²) in [5.41, 5.74) is 4.07. The molecule has 0 bridgehead atoms. The Morgan fingerprint density at radius 3 is 2.80 bits per heavy atom. The number of benzene rings is 1. The minimum atomic E-state index is -0.194. The zero-order chi connectivity index (χ0) is 21.1. The van der Waals surface area contributed by atoms with Gasteiger partial charge in [-0.25, -0.2) is 9.78 Å². The minimum absolute atomic E-state index is 0.111. The molecular weight excluding hydrogens is 400 g/mol. The van der Waals surface area contributed by atoms with Gasteiger partial charge in [0.2, 0.25) is 0 Å². The Kier molecular flexibility index (Phi) is 6.24. The molecule has 2 N–H and O–H groups in total. The molecule has 0 radical (unpaired) electrons. The molecule has 1 aromatic heterocycles. The standard InChI is InChI=1S/C22H26N4O3S/c1-14-12-15(2)24-21-19(14)26(9-11-30-21)22(28)25-17-7-5-16(6-8-17)20(27)23-13-18-4-3-10-29-18/h5-8,12,18H,3-4,9-11,13H2,1-2H3,(H,23,27)(H,25,28)/t18-/m0/s1. The van der Waals surface area contributed by atoms with E-state index in [-0.39, 0.29) is 18.0 Å². The second-order valence-corrected chi connectivity index (χ2v) is 8.67. The van der Waals surface area contributed by atoms with E-state index in [0.29, 0.717) is 24.3 Å². The number of nitrogens with zero attached hydrogens (tertiary/aromatic N) is 2. The van der Waals surface area contributed by atoms with Crippen LogP contribution in [0, 0.1) is 13.8 Å². The maximum Gasteiger partial charge on any atom is 0.326 e. The topological polar surface area (TPSA) is 83.6 Å². The van der Waals surface area contributed by atoms with E-state index in [0.717, 1.165) is 47.2 Å². The predicted octanol–water partition coefficient (Wildman–Crippen LogP) is 3.75. The summed E-state index contributed by atoms with van der Waals surface area (Å²) in [6.45, 7) is 5.88. The quantitative estimate of drug-likeness (QED) is 0.778. The zero-order valence-corrected chi connectivity index (χ0v) is 18.1. The second-order valence-electron chi connectivity index (χ2n) is 7.59. The van der Waals surface area contributed by atoms with Crippen molar-refractivity contribution in [2.24, 2.45) is 0 Å². The summed E-state index contributed by atoms with van der Waals surface area (Å²) in [6, 6.07) is 8.74. The molecule has 1 atom stereocenters. The molecule has 30 heavy (non-hydrogen) atoms. The van der Waals surface area contributed by atoms with Crippen molar-refractivity contribution in [1.29, 1.82) is 0 Å². The number of anilines is 2. The number of aryl methyl sites for hydroxylation is 2. The fourth-order valence-electron chi connectivity index (χ4n) is 3.78. The molecule has 0 aliphatic carbocycles. The molecule has 3 amide bonds. The first kappa shape index (κ1) is 20.7. The number of carbonyl (C=O) groups excluding carboxylic acids is 2. The lowest BCUT2D eigenvalue weighted by Crippen LogP contribution is -2.39. The van der Waals surface area contributed by atoms with Crippen LogP contribution in [-0.4, -0.2) is 48.5 Å². The molecule has 0 spiro atoms. The Morgan fingerprint density at radius 1 is 1.27 bits per heavy atom. The van der Waals surface area contributed by atoms with Gasteiger partial charge < -0.3 is 15.4 Å². The van der Waals surface area contributed by atoms with Crippen LogP contribution >= 0.6 is 11.8 Å². The fourth-order valence-corrected chi connectivity index (χ4v) is 4.87. The normalized spacial score (nSPS) is 18.1. The van der Waals surface area contributed by atoms with Crippen LogP contribution in [0.25, 0.3) is 0 Å². The van der Waals surface area contributed by atoms with Crippen LogP contribution in [0.5, 0.6) is 0 Å². The number of rotatable bonds is 4. The Hall–Kier alpha value is -2.58. The van der Waals surface area contributed by atoms with Crippen molar-refractivity contribution >= 4 is 35.1 Å². The van der Waals surface area contributed by atoms with Gasteiger partial charge in [-0.1, -0.05) is 0 Å². The predicted molar refractivity (Wildman–Crippen MR) is 119 cm³/mol. The third kappa shape index (κ3) is 4.60. The van der Waals surface area contributed by atoms with Crippen molar-refractivity contribution in [1.82, 2.24) is 10.3 Å². The largest absolute Gasteiger partial charge is 0.376 e. The molecule has 0 saturated carbocycles. The molecule has 2 aliphatic rings.